The summed E-state index contributed by atoms with van der Waals surface area (Å²) in [5.41, 5.74) is 0. The van der Waals surface area contributed by atoms with Crippen molar-refractivity contribution in [2.75, 3.05) is 0 Å². The quantitative estimate of drug-likeness (QED) is 0.439. The van der Waals surface area contributed by atoms with Gasteiger partial charge in [-0.3, -0.25) is 0 Å². The first-order chi connectivity index (χ1) is 4.63. The van der Waals surface area contributed by atoms with Crippen LogP contribution >= 0.6 is 0 Å². The van der Waals surface area contributed by atoms with Crippen molar-refractivity contribution in [2.24, 2.45) is 0 Å². The Morgan fingerprint density at radius 3 is 1.33 bits per heavy atom. The summed E-state index contributed by atoms with van der Waals surface area (Å²) in [6, 6.07) is 0. The Labute approximate surface area is 83.5 Å². The number of carbonyl (C=O) groups excluding carboxylic acids is 2. The molecule has 0 unspecified atom stereocenters. The summed E-state index contributed by atoms with van der Waals surface area (Å²) in [5.74, 6) is -2.28. The molecule has 0 spiro atoms. The van der Waals surface area contributed by atoms with E-state index in [-0.39, 0.29) is 38.5 Å². The minimum absolute atomic E-state index is 0. The van der Waals surface area contributed by atoms with Crippen molar-refractivity contribution < 1.29 is 39.3 Å². The van der Waals surface area contributed by atoms with Crippen molar-refractivity contribution in [2.45, 2.75) is 25.7 Å². The fraction of sp³-hybridized carbons (Fsp3) is 0.667. The number of hydrogen-bond donors (Lipinski definition) is 1. The number of carboxylic acids is 2. The van der Waals surface area contributed by atoms with Crippen molar-refractivity contribution in [3.63, 3.8) is 0 Å². The van der Waals surface area contributed by atoms with Crippen molar-refractivity contribution in [1.82, 2.24) is 6.15 Å². The molecule has 0 aromatic heterocycles. The standard InChI is InChI=1S/C6H10O4.H3N.Zn/c7-5(8)3-1-2-4-6(9)10;;/h1-4H2,(H,7,8)(H,9,10);1H3;/q;;+2/p-2. The first-order valence-corrected chi connectivity index (χ1v) is 3.02. The van der Waals surface area contributed by atoms with Gasteiger partial charge in [-0.05, 0) is 25.7 Å². The van der Waals surface area contributed by atoms with Gasteiger partial charge in [0.05, 0.1) is 0 Å². The molecule has 66 valence electrons. The third-order valence-electron chi connectivity index (χ3n) is 1.01. The average molecular weight is 227 g/mol. The van der Waals surface area contributed by atoms with Gasteiger partial charge >= 0.3 is 19.5 Å². The van der Waals surface area contributed by atoms with E-state index in [0.717, 1.165) is 0 Å². The second kappa shape index (κ2) is 10.5. The first-order valence-electron chi connectivity index (χ1n) is 3.02. The number of aliphatic carboxylic acids is 2. The molecule has 0 aliphatic carbocycles. The molecule has 5 nitrogen and oxygen atoms in total. The molecular formula is C6H11NO4Zn. The number of hydrogen-bond acceptors (Lipinski definition) is 5. The fourth-order valence-electron chi connectivity index (χ4n) is 0.539. The van der Waals surface area contributed by atoms with E-state index < -0.39 is 11.9 Å². The van der Waals surface area contributed by atoms with E-state index in [0.29, 0.717) is 12.8 Å². The average Bonchev–Trinajstić information content (AvgIpc) is 1.79. The van der Waals surface area contributed by atoms with Crippen LogP contribution < -0.4 is 16.4 Å². The summed E-state index contributed by atoms with van der Waals surface area (Å²) in [6.07, 6.45) is 0.535. The van der Waals surface area contributed by atoms with Crippen molar-refractivity contribution >= 4 is 11.9 Å². The van der Waals surface area contributed by atoms with Gasteiger partial charge in [0.25, 0.3) is 0 Å². The van der Waals surface area contributed by atoms with Crippen LogP contribution in [0.5, 0.6) is 0 Å². The predicted molar refractivity (Wildman–Crippen MR) is 33.5 cm³/mol. The van der Waals surface area contributed by atoms with E-state index in [4.69, 9.17) is 0 Å². The fourth-order valence-corrected chi connectivity index (χ4v) is 0.539. The summed E-state index contributed by atoms with van der Waals surface area (Å²) in [7, 11) is 0. The SMILES string of the molecule is N.O=C([O-])CCCCC(=O)[O-].[Zn+2]. The van der Waals surface area contributed by atoms with Gasteiger partial charge in [-0.25, -0.2) is 0 Å². The molecule has 0 aromatic carbocycles. The molecule has 0 saturated carbocycles. The Kier molecular flexibility index (Phi) is 15.4. The van der Waals surface area contributed by atoms with Gasteiger partial charge in [0, 0.05) is 11.9 Å². The molecule has 0 radical (unpaired) electrons. The number of carbonyl (C=O) groups is 2. The molecule has 3 N–H and O–H groups in total. The molecule has 0 amide bonds. The van der Waals surface area contributed by atoms with Crippen LogP contribution in [0.3, 0.4) is 0 Å². The second-order valence-corrected chi connectivity index (χ2v) is 1.95. The van der Waals surface area contributed by atoms with E-state index in [2.05, 4.69) is 0 Å². The Balaban J connectivity index is -0.000000405. The maximum absolute atomic E-state index is 9.77. The van der Waals surface area contributed by atoms with Gasteiger partial charge in [0.1, 0.15) is 0 Å². The summed E-state index contributed by atoms with van der Waals surface area (Å²) >= 11 is 0. The number of unbranched alkanes of at least 4 members (excludes halogenated alkanes) is 1. The molecule has 0 saturated heterocycles. The number of carboxylic acid groups (broad SMARTS) is 2. The maximum atomic E-state index is 9.77. The van der Waals surface area contributed by atoms with Gasteiger partial charge in [-0.15, -0.1) is 0 Å². The largest absolute Gasteiger partial charge is 2.00 e. The Hall–Kier alpha value is -0.477. The summed E-state index contributed by atoms with van der Waals surface area (Å²) in [5, 5.41) is 19.5. The third-order valence-corrected chi connectivity index (χ3v) is 1.01. The zero-order chi connectivity index (χ0) is 7.98. The Morgan fingerprint density at radius 2 is 1.17 bits per heavy atom. The molecule has 0 aliphatic heterocycles. The smallest absolute Gasteiger partial charge is 0.550 e. The van der Waals surface area contributed by atoms with Crippen LogP contribution in [-0.4, -0.2) is 11.9 Å². The van der Waals surface area contributed by atoms with E-state index in [1.807, 2.05) is 0 Å². The third kappa shape index (κ3) is 16.3. The van der Waals surface area contributed by atoms with Gasteiger partial charge in [0.15, 0.2) is 0 Å². The van der Waals surface area contributed by atoms with Crippen LogP contribution in [0.25, 0.3) is 0 Å². The Morgan fingerprint density at radius 1 is 0.917 bits per heavy atom. The van der Waals surface area contributed by atoms with Gasteiger partial charge in [-0.1, -0.05) is 0 Å². The monoisotopic (exact) mass is 225 g/mol. The van der Waals surface area contributed by atoms with Crippen LogP contribution in [0.1, 0.15) is 25.7 Å². The van der Waals surface area contributed by atoms with Crippen LogP contribution in [0, 0.1) is 0 Å². The van der Waals surface area contributed by atoms with E-state index in [9.17, 15) is 19.8 Å². The van der Waals surface area contributed by atoms with Gasteiger partial charge in [0.2, 0.25) is 0 Å². The molecule has 0 heterocycles. The molecular weight excluding hydrogens is 215 g/mol. The van der Waals surface area contributed by atoms with Crippen molar-refractivity contribution in [3.8, 4) is 0 Å². The summed E-state index contributed by atoms with van der Waals surface area (Å²) < 4.78 is 0. The maximum Gasteiger partial charge on any atom is 2.00 e. The molecule has 6 heteroatoms. The minimum atomic E-state index is -1.14. The van der Waals surface area contributed by atoms with Crippen LogP contribution in [0.4, 0.5) is 0 Å². The van der Waals surface area contributed by atoms with E-state index in [1.54, 1.807) is 0 Å². The normalized spacial score (nSPS) is 7.67. The van der Waals surface area contributed by atoms with Crippen molar-refractivity contribution in [3.05, 3.63) is 0 Å². The van der Waals surface area contributed by atoms with Crippen LogP contribution in [0.2, 0.25) is 0 Å². The zero-order valence-electron chi connectivity index (χ0n) is 6.88. The van der Waals surface area contributed by atoms with Gasteiger partial charge in [-0.2, -0.15) is 0 Å². The molecule has 0 bridgehead atoms. The molecule has 0 aromatic rings. The zero-order valence-corrected chi connectivity index (χ0v) is 9.84. The molecule has 12 heavy (non-hydrogen) atoms. The second-order valence-electron chi connectivity index (χ2n) is 1.95. The van der Waals surface area contributed by atoms with E-state index in [1.165, 1.54) is 0 Å². The number of rotatable bonds is 5. The van der Waals surface area contributed by atoms with E-state index >= 15 is 0 Å². The molecule has 0 rings (SSSR count). The molecule has 0 atom stereocenters. The van der Waals surface area contributed by atoms with Crippen LogP contribution in [0.15, 0.2) is 0 Å². The van der Waals surface area contributed by atoms with Crippen molar-refractivity contribution in [1.29, 1.82) is 0 Å². The summed E-state index contributed by atoms with van der Waals surface area (Å²) in [6.45, 7) is 0. The molecule has 0 aliphatic rings. The topological polar surface area (TPSA) is 115 Å². The first kappa shape index (κ1) is 17.6. The van der Waals surface area contributed by atoms with Crippen LogP contribution in [-0.2, 0) is 29.1 Å². The van der Waals surface area contributed by atoms with Gasteiger partial charge < -0.3 is 26.0 Å². The Bertz CT molecular complexity index is 124. The summed E-state index contributed by atoms with van der Waals surface area (Å²) in [4.78, 5) is 19.5. The predicted octanol–water partition coefficient (Wildman–Crippen LogP) is -1.79. The molecule has 0 fully saturated rings. The minimum Gasteiger partial charge on any atom is -0.550 e.